The van der Waals surface area contributed by atoms with Gasteiger partial charge >= 0.3 is 0 Å². The van der Waals surface area contributed by atoms with Crippen LogP contribution in [0.5, 0.6) is 0 Å². The van der Waals surface area contributed by atoms with Crippen LogP contribution in [0.1, 0.15) is 0 Å². The minimum Gasteiger partial charge on any atom is -0.344 e. The van der Waals surface area contributed by atoms with Gasteiger partial charge in [0.25, 0.3) is 0 Å². The van der Waals surface area contributed by atoms with E-state index in [0.29, 0.717) is 0 Å². The topological polar surface area (TPSA) is 35.6 Å². The highest BCUT2D eigenvalue weighted by atomic mass is 15.0. The first-order valence-corrected chi connectivity index (χ1v) is 15.6. The van der Waals surface area contributed by atoms with Crippen LogP contribution in [-0.2, 0) is 14.1 Å². The molecule has 4 heterocycles. The van der Waals surface area contributed by atoms with Crippen LogP contribution >= 0.6 is 0 Å². The van der Waals surface area contributed by atoms with Crippen LogP contribution in [0, 0.1) is 0 Å². The molecule has 0 aliphatic carbocycles. The smallest absolute Gasteiger partial charge is 0.0496 e. The number of aryl methyl sites for hydroxylation is 2. The molecule has 0 aliphatic rings. The lowest BCUT2D eigenvalue weighted by Crippen LogP contribution is -1.89. The molecule has 0 aliphatic heterocycles. The van der Waals surface area contributed by atoms with Gasteiger partial charge < -0.3 is 9.13 Å². The predicted octanol–water partition coefficient (Wildman–Crippen LogP) is 10.4. The second-order valence-electron chi connectivity index (χ2n) is 12.1. The quantitative estimate of drug-likeness (QED) is 0.204. The van der Waals surface area contributed by atoms with Crippen molar-refractivity contribution in [3.8, 4) is 44.5 Å². The van der Waals surface area contributed by atoms with Crippen LogP contribution in [0.4, 0.5) is 0 Å². The molecule has 0 radical (unpaired) electrons. The number of hydrogen-bond donors (Lipinski definition) is 0. The van der Waals surface area contributed by atoms with E-state index in [4.69, 9.17) is 0 Å². The van der Waals surface area contributed by atoms with Crippen molar-refractivity contribution in [2.45, 2.75) is 0 Å². The summed E-state index contributed by atoms with van der Waals surface area (Å²) in [5, 5.41) is 5.03. The van der Waals surface area contributed by atoms with E-state index in [9.17, 15) is 0 Å². The number of pyridine rings is 2. The first kappa shape index (κ1) is 26.4. The summed E-state index contributed by atoms with van der Waals surface area (Å²) >= 11 is 0. The lowest BCUT2D eigenvalue weighted by atomic mass is 10.0. The van der Waals surface area contributed by atoms with E-state index in [-0.39, 0.29) is 0 Å². The maximum absolute atomic E-state index is 4.58. The SMILES string of the molecule is Cn1c2cc(-c3cncc(-c4ccccc4)c3)ccc2c2cc3c(cc21)c1ccc(-c2cncc(-c4ccccc4)c2)cc1n3C. The maximum Gasteiger partial charge on any atom is 0.0496 e. The molecule has 4 aromatic heterocycles. The zero-order valence-electron chi connectivity index (χ0n) is 25.6. The highest BCUT2D eigenvalue weighted by Crippen LogP contribution is 2.39. The number of benzene rings is 5. The zero-order chi connectivity index (χ0) is 30.8. The molecule has 4 nitrogen and oxygen atoms in total. The normalized spacial score (nSPS) is 11.7. The van der Waals surface area contributed by atoms with E-state index in [0.717, 1.165) is 33.4 Å². The van der Waals surface area contributed by atoms with Crippen LogP contribution < -0.4 is 0 Å². The van der Waals surface area contributed by atoms with Gasteiger partial charge in [-0.1, -0.05) is 84.9 Å². The Morgan fingerprint density at radius 1 is 0.326 bits per heavy atom. The van der Waals surface area contributed by atoms with Crippen LogP contribution in [0.3, 0.4) is 0 Å². The second-order valence-corrected chi connectivity index (χ2v) is 12.1. The first-order chi connectivity index (χ1) is 22.6. The van der Waals surface area contributed by atoms with Crippen molar-refractivity contribution in [3.63, 3.8) is 0 Å². The molecular formula is C42H30N4. The standard InChI is InChI=1S/C42H30N4/c1-45-39-19-29(33-17-31(23-43-25-33)27-9-5-3-6-10-27)13-15-35(39)37-22-42-38(21-41(37)45)36-16-14-30(20-40(36)46(42)2)34-18-32(24-44-26-34)28-11-7-4-8-12-28/h3-26H,1-2H3. The zero-order valence-corrected chi connectivity index (χ0v) is 25.6. The van der Waals surface area contributed by atoms with E-state index in [2.05, 4.69) is 142 Å². The molecule has 46 heavy (non-hydrogen) atoms. The first-order valence-electron chi connectivity index (χ1n) is 15.6. The summed E-state index contributed by atoms with van der Waals surface area (Å²) in [6.45, 7) is 0. The second kappa shape index (κ2) is 10.3. The van der Waals surface area contributed by atoms with E-state index in [1.54, 1.807) is 0 Å². The Hall–Kier alpha value is -6.00. The molecular weight excluding hydrogens is 560 g/mol. The van der Waals surface area contributed by atoms with Crippen molar-refractivity contribution in [3.05, 3.63) is 146 Å². The van der Waals surface area contributed by atoms with Crippen molar-refractivity contribution in [1.29, 1.82) is 0 Å². The average Bonchev–Trinajstić information content (AvgIpc) is 3.56. The lowest BCUT2D eigenvalue weighted by Gasteiger charge is -2.07. The van der Waals surface area contributed by atoms with Crippen molar-refractivity contribution < 1.29 is 0 Å². The van der Waals surface area contributed by atoms with E-state index in [1.807, 2.05) is 36.9 Å². The molecule has 9 rings (SSSR count). The van der Waals surface area contributed by atoms with Gasteiger partial charge in [0.1, 0.15) is 0 Å². The highest BCUT2D eigenvalue weighted by Gasteiger charge is 2.16. The van der Waals surface area contributed by atoms with Gasteiger partial charge in [-0.25, -0.2) is 0 Å². The molecule has 0 spiro atoms. The Bertz CT molecular complexity index is 2410. The van der Waals surface area contributed by atoms with Crippen molar-refractivity contribution in [2.75, 3.05) is 0 Å². The number of fused-ring (bicyclic) bond motifs is 6. The minimum atomic E-state index is 1.12. The number of hydrogen-bond acceptors (Lipinski definition) is 2. The van der Waals surface area contributed by atoms with E-state index in [1.165, 1.54) is 54.7 Å². The number of nitrogens with zero attached hydrogens (tertiary/aromatic N) is 4. The van der Waals surface area contributed by atoms with Gasteiger partial charge in [-0.3, -0.25) is 9.97 Å². The van der Waals surface area contributed by atoms with Gasteiger partial charge in [-0.15, -0.1) is 0 Å². The number of rotatable bonds is 4. The molecule has 0 unspecified atom stereocenters. The molecule has 0 fully saturated rings. The van der Waals surface area contributed by atoms with E-state index >= 15 is 0 Å². The van der Waals surface area contributed by atoms with Crippen molar-refractivity contribution in [1.82, 2.24) is 19.1 Å². The Balaban J connectivity index is 1.15. The van der Waals surface area contributed by atoms with Crippen molar-refractivity contribution >= 4 is 43.6 Å². The monoisotopic (exact) mass is 590 g/mol. The fraction of sp³-hybridized carbons (Fsp3) is 0.0476. The van der Waals surface area contributed by atoms with Gasteiger partial charge in [-0.05, 0) is 58.7 Å². The Labute approximate surface area is 266 Å². The van der Waals surface area contributed by atoms with Crippen LogP contribution in [0.15, 0.2) is 146 Å². The van der Waals surface area contributed by atoms with Gasteiger partial charge in [0, 0.05) is 105 Å². The van der Waals surface area contributed by atoms with E-state index < -0.39 is 0 Å². The van der Waals surface area contributed by atoms with Gasteiger partial charge in [0.2, 0.25) is 0 Å². The number of aromatic nitrogens is 4. The van der Waals surface area contributed by atoms with Crippen LogP contribution in [0.2, 0.25) is 0 Å². The average molecular weight is 591 g/mol. The summed E-state index contributed by atoms with van der Waals surface area (Å²) in [6, 6.07) is 43.6. The molecule has 5 aromatic carbocycles. The Morgan fingerprint density at radius 2 is 0.696 bits per heavy atom. The van der Waals surface area contributed by atoms with Gasteiger partial charge in [0.15, 0.2) is 0 Å². The summed E-state index contributed by atoms with van der Waals surface area (Å²) in [5.74, 6) is 0. The summed E-state index contributed by atoms with van der Waals surface area (Å²) in [6.07, 6.45) is 7.79. The third-order valence-corrected chi connectivity index (χ3v) is 9.49. The molecule has 0 atom stereocenters. The Kier molecular flexibility index (Phi) is 5.90. The summed E-state index contributed by atoms with van der Waals surface area (Å²) < 4.78 is 4.66. The molecule has 0 amide bonds. The summed E-state index contributed by atoms with van der Waals surface area (Å²) in [7, 11) is 4.35. The largest absolute Gasteiger partial charge is 0.344 e. The predicted molar refractivity (Wildman–Crippen MR) is 192 cm³/mol. The highest BCUT2D eigenvalue weighted by molar-refractivity contribution is 6.18. The molecule has 4 heteroatoms. The fourth-order valence-electron chi connectivity index (χ4n) is 7.03. The Morgan fingerprint density at radius 3 is 1.11 bits per heavy atom. The molecule has 0 N–H and O–H groups in total. The van der Waals surface area contributed by atoms with Gasteiger partial charge in [0.05, 0.1) is 0 Å². The molecule has 0 bridgehead atoms. The summed E-state index contributed by atoms with van der Waals surface area (Å²) in [4.78, 5) is 9.16. The molecule has 218 valence electrons. The minimum absolute atomic E-state index is 1.12. The lowest BCUT2D eigenvalue weighted by molar-refractivity contribution is 1.01. The summed E-state index contributed by atoms with van der Waals surface area (Å²) in [5.41, 5.74) is 14.0. The third kappa shape index (κ3) is 4.15. The molecule has 0 saturated heterocycles. The van der Waals surface area contributed by atoms with Gasteiger partial charge in [-0.2, -0.15) is 0 Å². The van der Waals surface area contributed by atoms with Crippen LogP contribution in [0.25, 0.3) is 88.1 Å². The molecule has 0 saturated carbocycles. The maximum atomic E-state index is 4.58. The third-order valence-electron chi connectivity index (χ3n) is 9.49. The van der Waals surface area contributed by atoms with Crippen LogP contribution in [-0.4, -0.2) is 19.1 Å². The molecule has 9 aromatic rings. The fourth-order valence-corrected chi connectivity index (χ4v) is 7.03. The van der Waals surface area contributed by atoms with Crippen molar-refractivity contribution in [2.24, 2.45) is 14.1 Å².